The number of piperazine rings is 1. The summed E-state index contributed by atoms with van der Waals surface area (Å²) in [7, 11) is -5.32. The smallest absolute Gasteiger partial charge is 0.210 e. The molecule has 3 saturated heterocycles. The fraction of sp³-hybridized carbons (Fsp3) is 0.571. The maximum atomic E-state index is 14.3. The number of fused-ring (bicyclic) bond motifs is 1. The molecule has 47 heavy (non-hydrogen) atoms. The number of nitrogens with zero attached hydrogens (tertiary/aromatic N) is 5. The average Bonchev–Trinajstić information content (AvgIpc) is 3.03. The van der Waals surface area contributed by atoms with Gasteiger partial charge in [0, 0.05) is 69.2 Å². The predicted octanol–water partition coefficient (Wildman–Crippen LogP) is 4.33. The first-order chi connectivity index (χ1) is 22.2. The fourth-order valence-corrected chi connectivity index (χ4v) is 9.40. The second kappa shape index (κ2) is 13.3. The Hall–Kier alpha value is -2.77. The highest BCUT2D eigenvalue weighted by molar-refractivity contribution is 7.91. The van der Waals surface area contributed by atoms with Gasteiger partial charge in [-0.15, -0.1) is 0 Å². The molecule has 0 atom stereocenters. The number of aromatic nitrogens is 1. The van der Waals surface area contributed by atoms with E-state index in [1.54, 1.807) is 36.4 Å². The maximum absolute atomic E-state index is 14.3. The van der Waals surface area contributed by atoms with Crippen LogP contribution in [0.5, 0.6) is 5.75 Å². The molecule has 3 aromatic rings. The summed E-state index contributed by atoms with van der Waals surface area (Å²) in [5, 5.41) is 0.535. The lowest BCUT2D eigenvalue weighted by molar-refractivity contribution is 0.0495. The Balaban J connectivity index is 1.26. The van der Waals surface area contributed by atoms with Crippen LogP contribution in [0.3, 0.4) is 0 Å². The van der Waals surface area contributed by atoms with Gasteiger partial charge in [0.15, 0.2) is 9.84 Å². The van der Waals surface area contributed by atoms with Crippen LogP contribution in [-0.2, 0) is 19.7 Å². The normalized spacial score (nSPS) is 20.6. The number of pyridine rings is 1. The van der Waals surface area contributed by atoms with Gasteiger partial charge in [0.1, 0.15) is 16.2 Å². The molecule has 12 heteroatoms. The van der Waals surface area contributed by atoms with Gasteiger partial charge in [-0.1, -0.05) is 0 Å². The van der Waals surface area contributed by atoms with Crippen molar-refractivity contribution < 1.29 is 21.6 Å². The van der Waals surface area contributed by atoms with Crippen molar-refractivity contribution in [2.75, 3.05) is 70.6 Å². The predicted molar refractivity (Wildman–Crippen MR) is 186 cm³/mol. The van der Waals surface area contributed by atoms with Crippen molar-refractivity contribution in [3.63, 3.8) is 0 Å². The van der Waals surface area contributed by atoms with Crippen LogP contribution in [0.4, 0.5) is 5.69 Å². The quantitative estimate of drug-likeness (QED) is 0.358. The summed E-state index contributed by atoms with van der Waals surface area (Å²) in [5.74, 6) is 0.584. The van der Waals surface area contributed by atoms with E-state index in [-0.39, 0.29) is 14.7 Å². The summed E-state index contributed by atoms with van der Waals surface area (Å²) in [4.78, 5) is 14.7. The molecule has 0 spiro atoms. The molecule has 0 N–H and O–H groups in total. The SMILES string of the molecule is CN1CCN(C2CCN(C3CCN(c4c(S(=O)(=O)c5ccc(OC(C)(C)C)cc5)cnc5ccc(S(C)(=O)=O)cc45)CC3)CC2)CC1. The molecule has 10 nitrogen and oxygen atoms in total. The molecular weight excluding hydrogens is 635 g/mol. The Morgan fingerprint density at radius 3 is 1.87 bits per heavy atom. The Morgan fingerprint density at radius 2 is 1.30 bits per heavy atom. The van der Waals surface area contributed by atoms with Crippen LogP contribution in [0.1, 0.15) is 46.5 Å². The standard InChI is InChI=1S/C35H49N5O5S2/c1-35(2,3)45-28-6-8-29(9-7-28)47(43,44)33-25-36-32-11-10-30(46(5,41)42)24-31(32)34(33)40-18-14-26(15-19-40)38-16-12-27(13-17-38)39-22-20-37(4)21-23-39/h6-11,24-27H,12-23H2,1-5H3. The molecule has 4 heterocycles. The van der Waals surface area contributed by atoms with E-state index in [4.69, 9.17) is 4.74 Å². The van der Waals surface area contributed by atoms with E-state index in [0.29, 0.717) is 47.5 Å². The van der Waals surface area contributed by atoms with Crippen LogP contribution in [0, 0.1) is 0 Å². The highest BCUT2D eigenvalue weighted by atomic mass is 32.2. The van der Waals surface area contributed by atoms with E-state index >= 15 is 0 Å². The zero-order chi connectivity index (χ0) is 33.6. The molecule has 2 aromatic carbocycles. The van der Waals surface area contributed by atoms with Crippen molar-refractivity contribution in [2.45, 2.75) is 78.8 Å². The van der Waals surface area contributed by atoms with Crippen molar-refractivity contribution in [3.05, 3.63) is 48.7 Å². The summed E-state index contributed by atoms with van der Waals surface area (Å²) in [6, 6.07) is 12.4. The fourth-order valence-electron chi connectivity index (χ4n) is 7.32. The monoisotopic (exact) mass is 683 g/mol. The second-order valence-corrected chi connectivity index (χ2v) is 18.4. The Labute approximate surface area is 280 Å². The number of likely N-dealkylation sites (tertiary alicyclic amines) is 1. The molecule has 0 saturated carbocycles. The Morgan fingerprint density at radius 1 is 0.745 bits per heavy atom. The first-order valence-electron chi connectivity index (χ1n) is 16.8. The Bertz CT molecular complexity index is 1780. The zero-order valence-corrected chi connectivity index (χ0v) is 30.0. The molecule has 1 aromatic heterocycles. The van der Waals surface area contributed by atoms with E-state index in [2.05, 4.69) is 31.6 Å². The van der Waals surface area contributed by atoms with Crippen LogP contribution >= 0.6 is 0 Å². The number of piperidine rings is 2. The molecule has 0 bridgehead atoms. The average molecular weight is 684 g/mol. The molecule has 3 aliphatic rings. The molecule has 0 aliphatic carbocycles. The molecule has 256 valence electrons. The second-order valence-electron chi connectivity index (χ2n) is 14.4. The van der Waals surface area contributed by atoms with Crippen molar-refractivity contribution in [3.8, 4) is 5.75 Å². The molecule has 3 aliphatic heterocycles. The molecule has 0 radical (unpaired) electrons. The van der Waals surface area contributed by atoms with Crippen molar-refractivity contribution in [2.24, 2.45) is 0 Å². The third-order valence-corrected chi connectivity index (χ3v) is 12.8. The van der Waals surface area contributed by atoms with Crippen LogP contribution < -0.4 is 9.64 Å². The van der Waals surface area contributed by atoms with Gasteiger partial charge in [-0.2, -0.15) is 0 Å². The topological polar surface area (TPSA) is 103 Å². The summed E-state index contributed by atoms with van der Waals surface area (Å²) in [6.45, 7) is 13.9. The number of likely N-dealkylation sites (N-methyl/N-ethyl adjacent to an activating group) is 1. The molecule has 3 fully saturated rings. The lowest BCUT2D eigenvalue weighted by Gasteiger charge is -2.46. The van der Waals surface area contributed by atoms with Crippen LogP contribution in [0.15, 0.2) is 63.3 Å². The van der Waals surface area contributed by atoms with Gasteiger partial charge in [-0.05, 0) is 109 Å². The number of rotatable bonds is 7. The number of benzene rings is 2. The third-order valence-electron chi connectivity index (χ3n) is 9.90. The minimum absolute atomic E-state index is 0.0894. The van der Waals surface area contributed by atoms with E-state index < -0.39 is 25.3 Å². The van der Waals surface area contributed by atoms with Crippen LogP contribution in [-0.4, -0.2) is 120 Å². The van der Waals surface area contributed by atoms with Gasteiger partial charge in [0.05, 0.1) is 21.0 Å². The van der Waals surface area contributed by atoms with E-state index in [0.717, 1.165) is 52.1 Å². The maximum Gasteiger partial charge on any atom is 0.210 e. The highest BCUT2D eigenvalue weighted by Crippen LogP contribution is 2.39. The number of sulfone groups is 2. The molecular formula is C35H49N5O5S2. The van der Waals surface area contributed by atoms with Gasteiger partial charge in [0.2, 0.25) is 9.84 Å². The molecule has 0 unspecified atom stereocenters. The molecule has 6 rings (SSSR count). The van der Waals surface area contributed by atoms with Gasteiger partial charge in [0.25, 0.3) is 0 Å². The van der Waals surface area contributed by atoms with Crippen LogP contribution in [0.2, 0.25) is 0 Å². The van der Waals surface area contributed by atoms with Gasteiger partial charge >= 0.3 is 0 Å². The van der Waals surface area contributed by atoms with Crippen LogP contribution in [0.25, 0.3) is 10.9 Å². The molecule has 0 amide bonds. The number of hydrogen-bond acceptors (Lipinski definition) is 10. The van der Waals surface area contributed by atoms with Gasteiger partial charge in [-0.25, -0.2) is 16.8 Å². The van der Waals surface area contributed by atoms with Gasteiger partial charge in [-0.3, -0.25) is 9.88 Å². The summed E-state index contributed by atoms with van der Waals surface area (Å²) >= 11 is 0. The Kier molecular flexibility index (Phi) is 9.63. The summed E-state index contributed by atoms with van der Waals surface area (Å²) < 4.78 is 59.6. The summed E-state index contributed by atoms with van der Waals surface area (Å²) in [5.41, 5.74) is 0.677. The first kappa shape index (κ1) is 34.1. The number of ether oxygens (including phenoxy) is 1. The number of anilines is 1. The largest absolute Gasteiger partial charge is 0.488 e. The van der Waals surface area contributed by atoms with Gasteiger partial charge < -0.3 is 19.4 Å². The summed E-state index contributed by atoms with van der Waals surface area (Å²) in [6.07, 6.45) is 6.80. The lowest BCUT2D eigenvalue weighted by atomic mass is 9.96. The third kappa shape index (κ3) is 7.62. The highest BCUT2D eigenvalue weighted by Gasteiger charge is 2.34. The lowest BCUT2D eigenvalue weighted by Crippen LogP contribution is -2.54. The van der Waals surface area contributed by atoms with E-state index in [9.17, 15) is 16.8 Å². The van der Waals surface area contributed by atoms with Crippen molar-refractivity contribution >= 4 is 36.3 Å². The van der Waals surface area contributed by atoms with Crippen molar-refractivity contribution in [1.29, 1.82) is 0 Å². The van der Waals surface area contributed by atoms with E-state index in [1.165, 1.54) is 31.4 Å². The first-order valence-corrected chi connectivity index (χ1v) is 20.2. The minimum Gasteiger partial charge on any atom is -0.488 e. The van der Waals surface area contributed by atoms with Crippen molar-refractivity contribution in [1.82, 2.24) is 19.7 Å². The minimum atomic E-state index is -4.00. The van der Waals surface area contributed by atoms with E-state index in [1.807, 2.05) is 20.8 Å². The number of hydrogen-bond donors (Lipinski definition) is 0. The zero-order valence-electron chi connectivity index (χ0n) is 28.4.